The van der Waals surface area contributed by atoms with E-state index in [-0.39, 0.29) is 29.0 Å². The standard InChI is InChI=1S/C31H26F3N3O3/c1-18-15-24(36-29(39)21-5-3-20(4-6-21)16-19(2)38)11-13-26(18)27-14-12-25(17-28(27)31(32,33)34)37-30(40)22-7-9-23(35)10-8-22/h3-15,17H,16,35H2,1-2H3,(H,36,39)(H,37,40). The zero-order valence-corrected chi connectivity index (χ0v) is 21.7. The molecule has 0 fully saturated rings. The number of hydrogen-bond acceptors (Lipinski definition) is 4. The molecule has 4 N–H and O–H groups in total. The van der Waals surface area contributed by atoms with Crippen LogP contribution in [0.2, 0.25) is 0 Å². The number of halogens is 3. The fourth-order valence-corrected chi connectivity index (χ4v) is 4.24. The molecule has 6 nitrogen and oxygen atoms in total. The van der Waals surface area contributed by atoms with E-state index in [4.69, 9.17) is 5.73 Å². The Morgan fingerprint density at radius 2 is 1.23 bits per heavy atom. The average Bonchev–Trinajstić information content (AvgIpc) is 2.89. The molecular formula is C31H26F3N3O3. The molecule has 0 saturated heterocycles. The monoisotopic (exact) mass is 545 g/mol. The zero-order chi connectivity index (χ0) is 29.0. The Morgan fingerprint density at radius 1 is 0.725 bits per heavy atom. The van der Waals surface area contributed by atoms with E-state index < -0.39 is 23.6 Å². The Bertz CT molecular complexity index is 1580. The van der Waals surface area contributed by atoms with Crippen molar-refractivity contribution in [2.24, 2.45) is 0 Å². The second-order valence-electron chi connectivity index (χ2n) is 9.39. The molecule has 0 aliphatic rings. The summed E-state index contributed by atoms with van der Waals surface area (Å²) in [6.45, 7) is 3.14. The highest BCUT2D eigenvalue weighted by atomic mass is 19.4. The van der Waals surface area contributed by atoms with Gasteiger partial charge in [0.05, 0.1) is 5.56 Å². The first-order chi connectivity index (χ1) is 18.9. The highest BCUT2D eigenvalue weighted by Gasteiger charge is 2.34. The lowest BCUT2D eigenvalue weighted by Gasteiger charge is -2.17. The topological polar surface area (TPSA) is 101 Å². The predicted molar refractivity (Wildman–Crippen MR) is 149 cm³/mol. The van der Waals surface area contributed by atoms with E-state index in [1.165, 1.54) is 55.5 Å². The SMILES string of the molecule is CC(=O)Cc1ccc(C(=O)Nc2ccc(-c3ccc(NC(=O)c4ccc(N)cc4)cc3C(F)(F)F)c(C)c2)cc1. The van der Waals surface area contributed by atoms with Gasteiger partial charge in [-0.05, 0) is 96.8 Å². The van der Waals surface area contributed by atoms with E-state index in [2.05, 4.69) is 10.6 Å². The molecule has 0 atom stereocenters. The number of nitrogens with one attached hydrogen (secondary N) is 2. The van der Waals surface area contributed by atoms with E-state index in [9.17, 15) is 27.6 Å². The summed E-state index contributed by atoms with van der Waals surface area (Å²) < 4.78 is 42.3. The number of carbonyl (C=O) groups excluding carboxylic acids is 3. The van der Waals surface area contributed by atoms with Gasteiger partial charge >= 0.3 is 6.18 Å². The van der Waals surface area contributed by atoms with Crippen molar-refractivity contribution in [2.75, 3.05) is 16.4 Å². The van der Waals surface area contributed by atoms with Crippen LogP contribution in [0.25, 0.3) is 11.1 Å². The summed E-state index contributed by atoms with van der Waals surface area (Å²) in [6.07, 6.45) is -4.41. The van der Waals surface area contributed by atoms with Crippen molar-refractivity contribution in [2.45, 2.75) is 26.4 Å². The third-order valence-corrected chi connectivity index (χ3v) is 6.20. The first-order valence-corrected chi connectivity index (χ1v) is 12.3. The van der Waals surface area contributed by atoms with E-state index in [1.54, 1.807) is 37.3 Å². The largest absolute Gasteiger partial charge is 0.417 e. The number of Topliss-reactive ketones (excluding diaryl/α,β-unsaturated/α-hetero) is 1. The summed E-state index contributed by atoms with van der Waals surface area (Å²) in [5.74, 6) is -0.941. The van der Waals surface area contributed by atoms with Crippen molar-refractivity contribution in [3.8, 4) is 11.1 Å². The van der Waals surface area contributed by atoms with Crippen LogP contribution in [0.4, 0.5) is 30.2 Å². The van der Waals surface area contributed by atoms with Crippen LogP contribution in [0.15, 0.2) is 84.9 Å². The summed E-state index contributed by atoms with van der Waals surface area (Å²) in [6, 6.07) is 20.9. The van der Waals surface area contributed by atoms with Crippen LogP contribution in [0.3, 0.4) is 0 Å². The second-order valence-corrected chi connectivity index (χ2v) is 9.39. The number of benzene rings is 4. The molecule has 0 aliphatic heterocycles. The van der Waals surface area contributed by atoms with Crippen molar-refractivity contribution in [1.82, 2.24) is 0 Å². The van der Waals surface area contributed by atoms with Gasteiger partial charge in [0, 0.05) is 34.6 Å². The van der Waals surface area contributed by atoms with Gasteiger partial charge < -0.3 is 16.4 Å². The van der Waals surface area contributed by atoms with Crippen LogP contribution in [-0.4, -0.2) is 17.6 Å². The number of nitrogen functional groups attached to an aromatic ring is 1. The molecule has 204 valence electrons. The minimum atomic E-state index is -4.69. The predicted octanol–water partition coefficient (Wildman–Crippen LogP) is 6.90. The van der Waals surface area contributed by atoms with Crippen LogP contribution >= 0.6 is 0 Å². The van der Waals surface area contributed by atoms with Gasteiger partial charge in [-0.1, -0.05) is 24.3 Å². The maximum atomic E-state index is 14.1. The van der Waals surface area contributed by atoms with Crippen molar-refractivity contribution >= 4 is 34.7 Å². The molecule has 0 saturated carbocycles. The summed E-state index contributed by atoms with van der Waals surface area (Å²) in [7, 11) is 0. The number of ketones is 1. The maximum absolute atomic E-state index is 14.1. The molecule has 0 spiro atoms. The van der Waals surface area contributed by atoms with Gasteiger partial charge in [-0.2, -0.15) is 13.2 Å². The lowest BCUT2D eigenvalue weighted by Crippen LogP contribution is -2.14. The third kappa shape index (κ3) is 6.74. The van der Waals surface area contributed by atoms with Crippen molar-refractivity contribution in [1.29, 1.82) is 0 Å². The number of amides is 2. The van der Waals surface area contributed by atoms with Crippen molar-refractivity contribution in [3.63, 3.8) is 0 Å². The highest BCUT2D eigenvalue weighted by molar-refractivity contribution is 6.05. The smallest absolute Gasteiger partial charge is 0.399 e. The van der Waals surface area contributed by atoms with Crippen LogP contribution in [0.1, 0.15) is 44.3 Å². The number of rotatable bonds is 7. The van der Waals surface area contributed by atoms with Gasteiger partial charge in [-0.25, -0.2) is 0 Å². The van der Waals surface area contributed by atoms with Crippen LogP contribution < -0.4 is 16.4 Å². The van der Waals surface area contributed by atoms with Crippen molar-refractivity contribution < 1.29 is 27.6 Å². The molecule has 0 heterocycles. The Hall–Kier alpha value is -4.92. The van der Waals surface area contributed by atoms with Gasteiger partial charge in [-0.3, -0.25) is 14.4 Å². The molecule has 4 rings (SSSR count). The summed E-state index contributed by atoms with van der Waals surface area (Å²) in [5, 5.41) is 5.25. The molecule has 0 aromatic heterocycles. The maximum Gasteiger partial charge on any atom is 0.417 e. The van der Waals surface area contributed by atoms with E-state index in [0.29, 0.717) is 28.1 Å². The number of carbonyl (C=O) groups is 3. The number of hydrogen-bond donors (Lipinski definition) is 3. The van der Waals surface area contributed by atoms with Gasteiger partial charge in [0.1, 0.15) is 5.78 Å². The Morgan fingerprint density at radius 3 is 1.73 bits per heavy atom. The number of aryl methyl sites for hydroxylation is 1. The molecule has 0 aliphatic carbocycles. The molecule has 4 aromatic rings. The molecule has 0 radical (unpaired) electrons. The Labute approximate surface area is 229 Å². The molecule has 40 heavy (non-hydrogen) atoms. The highest BCUT2D eigenvalue weighted by Crippen LogP contribution is 2.40. The fourth-order valence-electron chi connectivity index (χ4n) is 4.24. The lowest BCUT2D eigenvalue weighted by molar-refractivity contribution is -0.137. The Balaban J connectivity index is 1.56. The van der Waals surface area contributed by atoms with Gasteiger partial charge in [0.25, 0.3) is 11.8 Å². The first-order valence-electron chi connectivity index (χ1n) is 12.3. The van der Waals surface area contributed by atoms with E-state index in [1.807, 2.05) is 0 Å². The average molecular weight is 546 g/mol. The van der Waals surface area contributed by atoms with Crippen LogP contribution in [0.5, 0.6) is 0 Å². The zero-order valence-electron chi connectivity index (χ0n) is 21.7. The van der Waals surface area contributed by atoms with Crippen LogP contribution in [0, 0.1) is 6.92 Å². The number of nitrogens with two attached hydrogens (primary N) is 1. The van der Waals surface area contributed by atoms with Gasteiger partial charge in [0.2, 0.25) is 0 Å². The van der Waals surface area contributed by atoms with Crippen molar-refractivity contribution in [3.05, 3.63) is 113 Å². The molecule has 0 bridgehead atoms. The van der Waals surface area contributed by atoms with E-state index in [0.717, 1.165) is 11.6 Å². The van der Waals surface area contributed by atoms with Gasteiger partial charge in [-0.15, -0.1) is 0 Å². The number of anilines is 3. The second kappa shape index (κ2) is 11.4. The minimum Gasteiger partial charge on any atom is -0.399 e. The molecule has 4 aromatic carbocycles. The first kappa shape index (κ1) is 28.1. The Kier molecular flexibility index (Phi) is 8.04. The summed E-state index contributed by atoms with van der Waals surface area (Å²) in [5.41, 5.74) is 7.79. The quantitative estimate of drug-likeness (QED) is 0.220. The fraction of sp³-hybridized carbons (Fsp3) is 0.129. The van der Waals surface area contributed by atoms with Gasteiger partial charge in [0.15, 0.2) is 0 Å². The molecule has 2 amide bonds. The lowest BCUT2D eigenvalue weighted by atomic mass is 9.94. The molecule has 9 heteroatoms. The molecular weight excluding hydrogens is 519 g/mol. The summed E-state index contributed by atoms with van der Waals surface area (Å²) >= 11 is 0. The third-order valence-electron chi connectivity index (χ3n) is 6.20. The van der Waals surface area contributed by atoms with E-state index >= 15 is 0 Å². The normalized spacial score (nSPS) is 11.1. The summed E-state index contributed by atoms with van der Waals surface area (Å²) in [4.78, 5) is 36.4. The minimum absolute atomic E-state index is 0.00578. The van der Waals surface area contributed by atoms with Crippen LogP contribution in [-0.2, 0) is 17.4 Å². The molecule has 0 unspecified atom stereocenters. The number of alkyl halides is 3.